The summed E-state index contributed by atoms with van der Waals surface area (Å²) in [5.41, 5.74) is 6.56. The third-order valence-electron chi connectivity index (χ3n) is 3.86. The van der Waals surface area contributed by atoms with Crippen LogP contribution in [0.3, 0.4) is 0 Å². The van der Waals surface area contributed by atoms with Crippen LogP contribution < -0.4 is 5.73 Å². The van der Waals surface area contributed by atoms with Crippen LogP contribution in [-0.2, 0) is 11.3 Å². The summed E-state index contributed by atoms with van der Waals surface area (Å²) in [6, 6.07) is 6.64. The molecule has 1 aliphatic rings. The van der Waals surface area contributed by atoms with Gasteiger partial charge in [-0.1, -0.05) is 12.1 Å². The molecule has 1 heterocycles. The Balaban J connectivity index is 1.83. The number of amides is 1. The van der Waals surface area contributed by atoms with Crippen molar-refractivity contribution in [2.75, 3.05) is 32.7 Å². The van der Waals surface area contributed by atoms with E-state index in [2.05, 4.69) is 4.90 Å². The molecule has 0 atom stereocenters. The lowest BCUT2D eigenvalue weighted by atomic mass is 10.2. The van der Waals surface area contributed by atoms with Gasteiger partial charge in [-0.25, -0.2) is 4.39 Å². The van der Waals surface area contributed by atoms with E-state index in [9.17, 15) is 9.18 Å². The number of hydrogen-bond acceptors (Lipinski definition) is 3. The molecule has 1 fully saturated rings. The van der Waals surface area contributed by atoms with Gasteiger partial charge in [-0.15, -0.1) is 0 Å². The van der Waals surface area contributed by atoms with Crippen molar-refractivity contribution in [1.29, 1.82) is 0 Å². The lowest BCUT2D eigenvalue weighted by molar-refractivity contribution is -0.131. The second-order valence-electron chi connectivity index (χ2n) is 5.53. The number of halogens is 1. The van der Waals surface area contributed by atoms with Gasteiger partial charge < -0.3 is 10.6 Å². The van der Waals surface area contributed by atoms with Gasteiger partial charge in [-0.05, 0) is 37.1 Å². The lowest BCUT2D eigenvalue weighted by Crippen LogP contribution is -2.35. The van der Waals surface area contributed by atoms with Gasteiger partial charge in [0.05, 0.1) is 0 Å². The first-order valence-electron chi connectivity index (χ1n) is 7.63. The molecule has 4 nitrogen and oxygen atoms in total. The number of benzene rings is 1. The largest absolute Gasteiger partial charge is 0.341 e. The zero-order valence-corrected chi connectivity index (χ0v) is 12.4. The van der Waals surface area contributed by atoms with E-state index in [-0.39, 0.29) is 11.7 Å². The fourth-order valence-electron chi connectivity index (χ4n) is 2.64. The molecule has 5 heteroatoms. The molecule has 2 N–H and O–H groups in total. The van der Waals surface area contributed by atoms with Gasteiger partial charge in [0, 0.05) is 39.1 Å². The van der Waals surface area contributed by atoms with Crippen LogP contribution in [-0.4, -0.2) is 48.4 Å². The first-order chi connectivity index (χ1) is 10.2. The summed E-state index contributed by atoms with van der Waals surface area (Å²) >= 11 is 0. The van der Waals surface area contributed by atoms with Crippen molar-refractivity contribution in [1.82, 2.24) is 9.80 Å². The maximum Gasteiger partial charge on any atom is 0.222 e. The van der Waals surface area contributed by atoms with Gasteiger partial charge in [0.15, 0.2) is 0 Å². The molecule has 2 rings (SSSR count). The maximum atomic E-state index is 12.9. The molecule has 0 radical (unpaired) electrons. The van der Waals surface area contributed by atoms with E-state index in [1.54, 1.807) is 0 Å². The Morgan fingerprint density at radius 3 is 2.62 bits per heavy atom. The van der Waals surface area contributed by atoms with Crippen molar-refractivity contribution in [2.45, 2.75) is 25.8 Å². The maximum absolute atomic E-state index is 12.9. The first kappa shape index (κ1) is 15.9. The predicted octanol–water partition coefficient (Wildman–Crippen LogP) is 1.60. The van der Waals surface area contributed by atoms with E-state index >= 15 is 0 Å². The summed E-state index contributed by atoms with van der Waals surface area (Å²) in [6.45, 7) is 4.80. The SMILES string of the molecule is NCCCC(=O)N1CCCN(Cc2ccc(F)cc2)CC1. The Morgan fingerprint density at radius 1 is 1.14 bits per heavy atom. The Labute approximate surface area is 125 Å². The summed E-state index contributed by atoms with van der Waals surface area (Å²) < 4.78 is 12.9. The quantitative estimate of drug-likeness (QED) is 0.897. The number of hydrogen-bond donors (Lipinski definition) is 1. The van der Waals surface area contributed by atoms with Crippen LogP contribution in [0.2, 0.25) is 0 Å². The second kappa shape index (κ2) is 8.10. The van der Waals surface area contributed by atoms with Crippen LogP contribution >= 0.6 is 0 Å². The molecule has 0 unspecified atom stereocenters. The monoisotopic (exact) mass is 293 g/mol. The Kier molecular flexibility index (Phi) is 6.14. The minimum atomic E-state index is -0.203. The highest BCUT2D eigenvalue weighted by atomic mass is 19.1. The molecule has 0 aliphatic carbocycles. The zero-order valence-electron chi connectivity index (χ0n) is 12.4. The third-order valence-corrected chi connectivity index (χ3v) is 3.86. The average molecular weight is 293 g/mol. The molecular formula is C16H24FN3O. The van der Waals surface area contributed by atoms with E-state index in [1.807, 2.05) is 17.0 Å². The average Bonchev–Trinajstić information content (AvgIpc) is 2.73. The first-order valence-corrected chi connectivity index (χ1v) is 7.63. The molecule has 116 valence electrons. The van der Waals surface area contributed by atoms with E-state index in [0.29, 0.717) is 13.0 Å². The molecular weight excluding hydrogens is 269 g/mol. The van der Waals surface area contributed by atoms with Gasteiger partial charge in [-0.2, -0.15) is 0 Å². The van der Waals surface area contributed by atoms with Crippen molar-refractivity contribution in [2.24, 2.45) is 5.73 Å². The third kappa shape index (κ3) is 5.10. The smallest absolute Gasteiger partial charge is 0.222 e. The molecule has 1 aliphatic heterocycles. The van der Waals surface area contributed by atoms with E-state index in [4.69, 9.17) is 5.73 Å². The van der Waals surface area contributed by atoms with Crippen molar-refractivity contribution < 1.29 is 9.18 Å². The molecule has 1 amide bonds. The van der Waals surface area contributed by atoms with E-state index in [0.717, 1.165) is 51.1 Å². The summed E-state index contributed by atoms with van der Waals surface area (Å²) in [5.74, 6) is 0.00961. The number of nitrogens with zero attached hydrogens (tertiary/aromatic N) is 2. The highest BCUT2D eigenvalue weighted by Crippen LogP contribution is 2.11. The molecule has 1 aromatic carbocycles. The highest BCUT2D eigenvalue weighted by molar-refractivity contribution is 5.76. The van der Waals surface area contributed by atoms with Crippen molar-refractivity contribution in [3.63, 3.8) is 0 Å². The summed E-state index contributed by atoms with van der Waals surface area (Å²) in [4.78, 5) is 16.3. The lowest BCUT2D eigenvalue weighted by Gasteiger charge is -2.22. The topological polar surface area (TPSA) is 49.6 Å². The Bertz CT molecular complexity index is 449. The predicted molar refractivity (Wildman–Crippen MR) is 81.2 cm³/mol. The van der Waals surface area contributed by atoms with Gasteiger partial charge in [0.2, 0.25) is 5.91 Å². The molecule has 1 aromatic rings. The van der Waals surface area contributed by atoms with Crippen molar-refractivity contribution in [3.8, 4) is 0 Å². The molecule has 0 bridgehead atoms. The van der Waals surface area contributed by atoms with Gasteiger partial charge in [0.25, 0.3) is 0 Å². The number of carbonyl (C=O) groups excluding carboxylic acids is 1. The highest BCUT2D eigenvalue weighted by Gasteiger charge is 2.18. The normalized spacial score (nSPS) is 16.8. The number of carbonyl (C=O) groups is 1. The Morgan fingerprint density at radius 2 is 1.90 bits per heavy atom. The molecule has 0 saturated carbocycles. The molecule has 0 aromatic heterocycles. The van der Waals surface area contributed by atoms with E-state index in [1.165, 1.54) is 12.1 Å². The Hall–Kier alpha value is -1.46. The number of nitrogens with two attached hydrogens (primary N) is 1. The van der Waals surface area contributed by atoms with Crippen LogP contribution in [0.25, 0.3) is 0 Å². The fraction of sp³-hybridized carbons (Fsp3) is 0.562. The minimum Gasteiger partial charge on any atom is -0.341 e. The number of rotatable bonds is 5. The molecule has 0 spiro atoms. The van der Waals surface area contributed by atoms with Crippen molar-refractivity contribution >= 4 is 5.91 Å². The van der Waals surface area contributed by atoms with Gasteiger partial charge in [0.1, 0.15) is 5.82 Å². The minimum absolute atomic E-state index is 0.203. The van der Waals surface area contributed by atoms with Crippen LogP contribution in [0.15, 0.2) is 24.3 Å². The summed E-state index contributed by atoms with van der Waals surface area (Å²) in [7, 11) is 0. The molecule has 21 heavy (non-hydrogen) atoms. The van der Waals surface area contributed by atoms with Crippen molar-refractivity contribution in [3.05, 3.63) is 35.6 Å². The fourth-order valence-corrected chi connectivity index (χ4v) is 2.64. The zero-order chi connectivity index (χ0) is 15.1. The molecule has 1 saturated heterocycles. The summed E-state index contributed by atoms with van der Waals surface area (Å²) in [5, 5.41) is 0. The van der Waals surface area contributed by atoms with Crippen LogP contribution in [0.4, 0.5) is 4.39 Å². The van der Waals surface area contributed by atoms with E-state index < -0.39 is 0 Å². The summed E-state index contributed by atoms with van der Waals surface area (Å²) in [6.07, 6.45) is 2.29. The standard InChI is InChI=1S/C16H24FN3O/c17-15-6-4-14(5-7-15)13-19-9-2-10-20(12-11-19)16(21)3-1-8-18/h4-7H,1-3,8-13,18H2. The van der Waals surface area contributed by atoms with Crippen LogP contribution in [0.1, 0.15) is 24.8 Å². The van der Waals surface area contributed by atoms with Gasteiger partial charge >= 0.3 is 0 Å². The van der Waals surface area contributed by atoms with Crippen LogP contribution in [0.5, 0.6) is 0 Å². The second-order valence-corrected chi connectivity index (χ2v) is 5.53. The van der Waals surface area contributed by atoms with Crippen LogP contribution in [0, 0.1) is 5.82 Å². The van der Waals surface area contributed by atoms with Gasteiger partial charge in [-0.3, -0.25) is 9.69 Å².